The molecule has 0 saturated carbocycles. The van der Waals surface area contributed by atoms with E-state index in [1.54, 1.807) is 0 Å². The van der Waals surface area contributed by atoms with Crippen LogP contribution < -0.4 is 0 Å². The van der Waals surface area contributed by atoms with Crippen molar-refractivity contribution in [3.05, 3.63) is 34.9 Å². The normalized spacial score (nSPS) is 17.7. The fourth-order valence-electron chi connectivity index (χ4n) is 3.99. The van der Waals surface area contributed by atoms with E-state index < -0.39 is 0 Å². The molecule has 1 heterocycles. The van der Waals surface area contributed by atoms with Gasteiger partial charge in [0, 0.05) is 44.8 Å². The van der Waals surface area contributed by atoms with Crippen molar-refractivity contribution in [3.8, 4) is 0 Å². The maximum absolute atomic E-state index is 12.7. The van der Waals surface area contributed by atoms with E-state index in [0.29, 0.717) is 19.6 Å². The van der Waals surface area contributed by atoms with Gasteiger partial charge in [0.05, 0.1) is 6.54 Å². The topological polar surface area (TPSA) is 43.9 Å². The summed E-state index contributed by atoms with van der Waals surface area (Å²) >= 11 is 0. The monoisotopic (exact) mass is 357 g/mol. The quantitative estimate of drug-likeness (QED) is 0.761. The summed E-state index contributed by atoms with van der Waals surface area (Å²) in [7, 11) is 0. The summed E-state index contributed by atoms with van der Waals surface area (Å²) in [4.78, 5) is 31.0. The molecule has 0 unspecified atom stereocenters. The molecule has 0 N–H and O–H groups in total. The Balaban J connectivity index is 1.53. The molecule has 2 aliphatic rings. The molecule has 0 atom stereocenters. The largest absolute Gasteiger partial charge is 0.325 e. The lowest BCUT2D eigenvalue weighted by atomic mass is 9.90. The Bertz CT molecular complexity index is 647. The fraction of sp³-hybridized carbons (Fsp3) is 0.619. The number of urea groups is 1. The van der Waals surface area contributed by atoms with Gasteiger partial charge in [0.15, 0.2) is 5.78 Å². The number of hydrogen-bond acceptors (Lipinski definition) is 3. The lowest BCUT2D eigenvalue weighted by Crippen LogP contribution is -2.53. The molecule has 1 aromatic carbocycles. The van der Waals surface area contributed by atoms with Crippen molar-refractivity contribution in [2.45, 2.75) is 39.5 Å². The van der Waals surface area contributed by atoms with Gasteiger partial charge in [-0.15, -0.1) is 0 Å². The number of carbonyl (C=O) groups is 2. The Kier molecular flexibility index (Phi) is 6.30. The summed E-state index contributed by atoms with van der Waals surface area (Å²) in [6.45, 7) is 8.89. The molecule has 0 radical (unpaired) electrons. The number of benzene rings is 1. The SMILES string of the molecule is CCN(CC)C(=O)N1CCN(CC(=O)c2ccc3c(c2)CCCC3)CC1. The predicted octanol–water partition coefficient (Wildman–Crippen LogP) is 2.83. The van der Waals surface area contributed by atoms with Crippen LogP contribution in [0, 0.1) is 0 Å². The highest BCUT2D eigenvalue weighted by atomic mass is 16.2. The van der Waals surface area contributed by atoms with Gasteiger partial charge in [-0.05, 0) is 56.7 Å². The van der Waals surface area contributed by atoms with Crippen molar-refractivity contribution >= 4 is 11.8 Å². The van der Waals surface area contributed by atoms with Gasteiger partial charge in [0.25, 0.3) is 0 Å². The third-order valence-electron chi connectivity index (χ3n) is 5.71. The molecule has 142 valence electrons. The van der Waals surface area contributed by atoms with Crippen LogP contribution >= 0.6 is 0 Å². The number of hydrogen-bond donors (Lipinski definition) is 0. The van der Waals surface area contributed by atoms with E-state index in [2.05, 4.69) is 17.0 Å². The van der Waals surface area contributed by atoms with Crippen molar-refractivity contribution in [2.75, 3.05) is 45.8 Å². The third-order valence-corrected chi connectivity index (χ3v) is 5.71. The fourth-order valence-corrected chi connectivity index (χ4v) is 3.99. The van der Waals surface area contributed by atoms with Gasteiger partial charge in [0.2, 0.25) is 0 Å². The molecule has 3 rings (SSSR count). The molecule has 1 saturated heterocycles. The van der Waals surface area contributed by atoms with Gasteiger partial charge in [-0.3, -0.25) is 9.69 Å². The molecule has 0 bridgehead atoms. The Morgan fingerprint density at radius 2 is 1.62 bits per heavy atom. The van der Waals surface area contributed by atoms with Crippen LogP contribution in [-0.4, -0.2) is 72.3 Å². The second-order valence-electron chi connectivity index (χ2n) is 7.33. The van der Waals surface area contributed by atoms with Crippen molar-refractivity contribution in [1.82, 2.24) is 14.7 Å². The highest BCUT2D eigenvalue weighted by molar-refractivity contribution is 5.97. The first-order valence-corrected chi connectivity index (χ1v) is 10.0. The standard InChI is InChI=1S/C21H31N3O2/c1-3-23(4-2)21(26)24-13-11-22(12-14-24)16-20(25)19-10-9-17-7-5-6-8-18(17)15-19/h9-10,15H,3-8,11-14,16H2,1-2H3. The van der Waals surface area contributed by atoms with Crippen molar-refractivity contribution in [3.63, 3.8) is 0 Å². The Hall–Kier alpha value is -1.88. The zero-order chi connectivity index (χ0) is 18.5. The van der Waals surface area contributed by atoms with Gasteiger partial charge >= 0.3 is 6.03 Å². The number of carbonyl (C=O) groups excluding carboxylic acids is 2. The van der Waals surface area contributed by atoms with E-state index in [0.717, 1.165) is 44.6 Å². The molecule has 0 aromatic heterocycles. The molecule has 5 nitrogen and oxygen atoms in total. The van der Waals surface area contributed by atoms with Crippen LogP contribution in [0.5, 0.6) is 0 Å². The number of Topliss-reactive ketones (excluding diaryl/α,β-unsaturated/α-hetero) is 1. The maximum Gasteiger partial charge on any atom is 0.320 e. The summed E-state index contributed by atoms with van der Waals surface area (Å²) in [6, 6.07) is 6.36. The smallest absolute Gasteiger partial charge is 0.320 e. The van der Waals surface area contributed by atoms with Crippen LogP contribution in [0.4, 0.5) is 4.79 Å². The minimum Gasteiger partial charge on any atom is -0.325 e. The first-order chi connectivity index (χ1) is 12.6. The van der Waals surface area contributed by atoms with Gasteiger partial charge in [-0.1, -0.05) is 12.1 Å². The minimum absolute atomic E-state index is 0.121. The summed E-state index contributed by atoms with van der Waals surface area (Å²) in [5.41, 5.74) is 3.61. The zero-order valence-electron chi connectivity index (χ0n) is 16.2. The number of rotatable bonds is 5. The molecule has 1 aromatic rings. The van der Waals surface area contributed by atoms with Gasteiger partial charge in [-0.25, -0.2) is 4.79 Å². The second kappa shape index (κ2) is 8.67. The van der Waals surface area contributed by atoms with Crippen LogP contribution in [0.15, 0.2) is 18.2 Å². The lowest BCUT2D eigenvalue weighted by Gasteiger charge is -2.36. The van der Waals surface area contributed by atoms with E-state index in [9.17, 15) is 9.59 Å². The molecule has 1 aliphatic heterocycles. The van der Waals surface area contributed by atoms with Gasteiger partial charge < -0.3 is 9.80 Å². The number of aryl methyl sites for hydroxylation is 2. The van der Waals surface area contributed by atoms with E-state index in [-0.39, 0.29) is 11.8 Å². The predicted molar refractivity (Wildman–Crippen MR) is 104 cm³/mol. The molecule has 5 heteroatoms. The van der Waals surface area contributed by atoms with Crippen molar-refractivity contribution in [2.24, 2.45) is 0 Å². The van der Waals surface area contributed by atoms with Crippen LogP contribution in [-0.2, 0) is 12.8 Å². The number of piperazine rings is 1. The number of amides is 2. The number of ketones is 1. The van der Waals surface area contributed by atoms with Crippen LogP contribution in [0.2, 0.25) is 0 Å². The van der Waals surface area contributed by atoms with Crippen LogP contribution in [0.1, 0.15) is 48.2 Å². The first-order valence-electron chi connectivity index (χ1n) is 10.0. The summed E-state index contributed by atoms with van der Waals surface area (Å²) in [5.74, 6) is 0.196. The van der Waals surface area contributed by atoms with E-state index >= 15 is 0 Å². The highest BCUT2D eigenvalue weighted by Crippen LogP contribution is 2.22. The maximum atomic E-state index is 12.7. The Morgan fingerprint density at radius 1 is 0.962 bits per heavy atom. The molecular formula is C21H31N3O2. The lowest BCUT2D eigenvalue weighted by molar-refractivity contribution is 0.0853. The molecule has 0 spiro atoms. The van der Waals surface area contributed by atoms with Crippen molar-refractivity contribution in [1.29, 1.82) is 0 Å². The molecule has 26 heavy (non-hydrogen) atoms. The van der Waals surface area contributed by atoms with Gasteiger partial charge in [0.1, 0.15) is 0 Å². The molecular weight excluding hydrogens is 326 g/mol. The average molecular weight is 357 g/mol. The summed E-state index contributed by atoms with van der Waals surface area (Å²) in [6.07, 6.45) is 4.73. The van der Waals surface area contributed by atoms with E-state index in [1.165, 1.54) is 24.0 Å². The summed E-state index contributed by atoms with van der Waals surface area (Å²) < 4.78 is 0. The van der Waals surface area contributed by atoms with Crippen LogP contribution in [0.25, 0.3) is 0 Å². The van der Waals surface area contributed by atoms with E-state index in [1.807, 2.05) is 29.7 Å². The summed E-state index contributed by atoms with van der Waals surface area (Å²) in [5, 5.41) is 0. The molecule has 1 aliphatic carbocycles. The average Bonchev–Trinajstić information content (AvgIpc) is 2.69. The first kappa shape index (κ1) is 18.9. The van der Waals surface area contributed by atoms with E-state index in [4.69, 9.17) is 0 Å². The zero-order valence-corrected chi connectivity index (χ0v) is 16.2. The van der Waals surface area contributed by atoms with Gasteiger partial charge in [-0.2, -0.15) is 0 Å². The second-order valence-corrected chi connectivity index (χ2v) is 7.33. The number of fused-ring (bicyclic) bond motifs is 1. The highest BCUT2D eigenvalue weighted by Gasteiger charge is 2.25. The third kappa shape index (κ3) is 4.26. The number of nitrogens with zero attached hydrogens (tertiary/aromatic N) is 3. The Morgan fingerprint density at radius 3 is 2.27 bits per heavy atom. The molecule has 2 amide bonds. The minimum atomic E-state index is 0.121. The van der Waals surface area contributed by atoms with Crippen molar-refractivity contribution < 1.29 is 9.59 Å². The molecule has 1 fully saturated rings. The van der Waals surface area contributed by atoms with Crippen LogP contribution in [0.3, 0.4) is 0 Å². The Labute approximate surface area is 156 Å².